The van der Waals surface area contributed by atoms with Gasteiger partial charge in [-0.3, -0.25) is 9.59 Å². The van der Waals surface area contributed by atoms with E-state index in [9.17, 15) is 9.59 Å². The summed E-state index contributed by atoms with van der Waals surface area (Å²) >= 11 is 6.14. The highest BCUT2D eigenvalue weighted by Crippen LogP contribution is 2.45. The first kappa shape index (κ1) is 22.9. The number of amides is 1. The number of benzene rings is 2. The van der Waals surface area contributed by atoms with Crippen molar-refractivity contribution >= 4 is 28.5 Å². The lowest BCUT2D eigenvalue weighted by Crippen LogP contribution is -2.35. The van der Waals surface area contributed by atoms with Crippen LogP contribution in [0, 0.1) is 0 Å². The number of fused-ring (bicyclic) bond motifs is 2. The summed E-state index contributed by atoms with van der Waals surface area (Å²) in [4.78, 5) is 30.7. The van der Waals surface area contributed by atoms with Gasteiger partial charge >= 0.3 is 0 Å². The molecule has 1 aromatic heterocycles. The number of carbonyl (C=O) groups excluding carboxylic acids is 1. The van der Waals surface area contributed by atoms with Crippen LogP contribution in [0.15, 0.2) is 39.5 Å². The van der Waals surface area contributed by atoms with Crippen molar-refractivity contribution in [2.45, 2.75) is 6.04 Å². The normalized spacial score (nSPS) is 15.3. The second-order valence-corrected chi connectivity index (χ2v) is 8.41. The predicted molar refractivity (Wildman–Crippen MR) is 125 cm³/mol. The van der Waals surface area contributed by atoms with E-state index in [4.69, 9.17) is 30.2 Å². The SMILES string of the molecule is COc1cc(C2c3c(oc4ccc(Cl)cc4c3=O)C(=O)N2CCN(C)C)cc(OC)c1OC. The van der Waals surface area contributed by atoms with Gasteiger partial charge in [0.25, 0.3) is 5.91 Å². The Balaban J connectivity index is 1.99. The molecule has 1 aliphatic rings. The van der Waals surface area contributed by atoms with Gasteiger partial charge in [0, 0.05) is 18.1 Å². The molecule has 1 aliphatic heterocycles. The molecular formula is C24H25ClN2O6. The number of ether oxygens (including phenoxy) is 3. The van der Waals surface area contributed by atoms with Crippen LogP contribution in [-0.4, -0.2) is 64.2 Å². The highest BCUT2D eigenvalue weighted by molar-refractivity contribution is 6.31. The zero-order valence-electron chi connectivity index (χ0n) is 19.1. The van der Waals surface area contributed by atoms with Gasteiger partial charge in [-0.05, 0) is 50.0 Å². The van der Waals surface area contributed by atoms with Crippen molar-refractivity contribution in [3.05, 3.63) is 62.5 Å². The molecule has 9 heteroatoms. The van der Waals surface area contributed by atoms with Crippen molar-refractivity contribution in [1.29, 1.82) is 0 Å². The highest BCUT2D eigenvalue weighted by atomic mass is 35.5. The van der Waals surface area contributed by atoms with Gasteiger partial charge in [-0.25, -0.2) is 0 Å². The summed E-state index contributed by atoms with van der Waals surface area (Å²) in [6.45, 7) is 0.980. The maximum Gasteiger partial charge on any atom is 0.290 e. The van der Waals surface area contributed by atoms with Gasteiger partial charge in [0.2, 0.25) is 11.5 Å². The van der Waals surface area contributed by atoms with Crippen molar-refractivity contribution in [3.63, 3.8) is 0 Å². The number of carbonyl (C=O) groups is 1. The zero-order valence-corrected chi connectivity index (χ0v) is 19.9. The third-order valence-electron chi connectivity index (χ3n) is 5.72. The first-order chi connectivity index (χ1) is 15.8. The van der Waals surface area contributed by atoms with Crippen LogP contribution in [0.1, 0.15) is 27.7 Å². The summed E-state index contributed by atoms with van der Waals surface area (Å²) in [5.74, 6) is 0.958. The Morgan fingerprint density at radius 3 is 2.27 bits per heavy atom. The van der Waals surface area contributed by atoms with E-state index >= 15 is 0 Å². The molecule has 3 aromatic rings. The maximum atomic E-state index is 13.6. The molecule has 0 radical (unpaired) electrons. The molecule has 0 N–H and O–H groups in total. The highest BCUT2D eigenvalue weighted by Gasteiger charge is 2.43. The number of halogens is 1. The van der Waals surface area contributed by atoms with Crippen LogP contribution in [-0.2, 0) is 0 Å². The second kappa shape index (κ2) is 8.96. The van der Waals surface area contributed by atoms with E-state index in [0.29, 0.717) is 51.9 Å². The molecule has 33 heavy (non-hydrogen) atoms. The molecule has 2 aromatic carbocycles. The zero-order chi connectivity index (χ0) is 23.9. The molecule has 1 atom stereocenters. The van der Waals surface area contributed by atoms with Gasteiger partial charge < -0.3 is 28.4 Å². The number of nitrogens with zero attached hydrogens (tertiary/aromatic N) is 2. The molecule has 8 nitrogen and oxygen atoms in total. The summed E-state index contributed by atoms with van der Waals surface area (Å²) < 4.78 is 22.4. The van der Waals surface area contributed by atoms with E-state index in [-0.39, 0.29) is 22.7 Å². The van der Waals surface area contributed by atoms with Crippen LogP contribution < -0.4 is 19.6 Å². The summed E-state index contributed by atoms with van der Waals surface area (Å²) in [5, 5.41) is 0.730. The van der Waals surface area contributed by atoms with Crippen LogP contribution in [0.25, 0.3) is 11.0 Å². The minimum absolute atomic E-state index is 0.0346. The smallest absolute Gasteiger partial charge is 0.290 e. The molecule has 0 saturated carbocycles. The maximum absolute atomic E-state index is 13.6. The average Bonchev–Trinajstić information content (AvgIpc) is 3.08. The Kier molecular flexibility index (Phi) is 6.23. The Morgan fingerprint density at radius 2 is 1.70 bits per heavy atom. The molecule has 2 heterocycles. The lowest BCUT2D eigenvalue weighted by molar-refractivity contribution is 0.0716. The molecule has 0 aliphatic carbocycles. The lowest BCUT2D eigenvalue weighted by atomic mass is 9.97. The lowest BCUT2D eigenvalue weighted by Gasteiger charge is -2.27. The molecule has 1 amide bonds. The van der Waals surface area contributed by atoms with E-state index in [2.05, 4.69) is 0 Å². The van der Waals surface area contributed by atoms with E-state index in [1.807, 2.05) is 19.0 Å². The Bertz CT molecular complexity index is 1260. The topological polar surface area (TPSA) is 81.5 Å². The standard InChI is InChI=1S/C24H25ClN2O6/c1-26(2)8-9-27-20(13-10-17(30-3)22(32-5)18(11-13)31-4)19-21(28)15-12-14(25)6-7-16(15)33-23(19)24(27)29/h6-7,10-12,20H,8-9H2,1-5H3. The number of rotatable bonds is 7. The first-order valence-corrected chi connectivity index (χ1v) is 10.7. The van der Waals surface area contributed by atoms with Gasteiger partial charge in [0.1, 0.15) is 5.58 Å². The van der Waals surface area contributed by atoms with Crippen LogP contribution in [0.3, 0.4) is 0 Å². The summed E-state index contributed by atoms with van der Waals surface area (Å²) in [7, 11) is 8.39. The Labute approximate surface area is 196 Å². The molecule has 0 bridgehead atoms. The number of hydrogen-bond acceptors (Lipinski definition) is 7. The Morgan fingerprint density at radius 1 is 1.03 bits per heavy atom. The molecule has 1 unspecified atom stereocenters. The number of hydrogen-bond donors (Lipinski definition) is 0. The third kappa shape index (κ3) is 3.89. The molecule has 0 fully saturated rings. The molecule has 0 spiro atoms. The van der Waals surface area contributed by atoms with E-state index in [1.54, 1.807) is 35.2 Å². The number of methoxy groups -OCH3 is 3. The van der Waals surface area contributed by atoms with Crippen molar-refractivity contribution < 1.29 is 23.4 Å². The van der Waals surface area contributed by atoms with Gasteiger partial charge in [0.15, 0.2) is 16.9 Å². The largest absolute Gasteiger partial charge is 0.493 e. The summed E-state index contributed by atoms with van der Waals surface area (Å²) in [6.07, 6.45) is 0. The summed E-state index contributed by atoms with van der Waals surface area (Å²) in [5.41, 5.74) is 0.926. The van der Waals surface area contributed by atoms with Crippen LogP contribution in [0.4, 0.5) is 0 Å². The molecule has 0 saturated heterocycles. The van der Waals surface area contributed by atoms with Crippen LogP contribution >= 0.6 is 11.6 Å². The van der Waals surface area contributed by atoms with E-state index < -0.39 is 6.04 Å². The fraction of sp³-hybridized carbons (Fsp3) is 0.333. The monoisotopic (exact) mass is 472 g/mol. The predicted octanol–water partition coefficient (Wildman–Crippen LogP) is 3.58. The van der Waals surface area contributed by atoms with E-state index in [0.717, 1.165) is 0 Å². The molecular weight excluding hydrogens is 448 g/mol. The van der Waals surface area contributed by atoms with Crippen molar-refractivity contribution in [3.8, 4) is 17.2 Å². The van der Waals surface area contributed by atoms with Crippen molar-refractivity contribution in [2.75, 3.05) is 48.5 Å². The Hall–Kier alpha value is -3.23. The minimum Gasteiger partial charge on any atom is -0.493 e. The number of likely N-dealkylation sites (N-methyl/N-ethyl adjacent to an activating group) is 1. The third-order valence-corrected chi connectivity index (χ3v) is 5.95. The van der Waals surface area contributed by atoms with Gasteiger partial charge in [-0.15, -0.1) is 0 Å². The second-order valence-electron chi connectivity index (χ2n) is 7.98. The fourth-order valence-electron chi connectivity index (χ4n) is 4.14. The summed E-state index contributed by atoms with van der Waals surface area (Å²) in [6, 6.07) is 7.59. The molecule has 4 rings (SSSR count). The first-order valence-electron chi connectivity index (χ1n) is 10.3. The van der Waals surface area contributed by atoms with Crippen molar-refractivity contribution in [2.24, 2.45) is 0 Å². The average molecular weight is 473 g/mol. The van der Waals surface area contributed by atoms with E-state index in [1.165, 1.54) is 21.3 Å². The fourth-order valence-corrected chi connectivity index (χ4v) is 4.31. The minimum atomic E-state index is -0.694. The molecule has 174 valence electrons. The van der Waals surface area contributed by atoms with Gasteiger partial charge in [-0.1, -0.05) is 11.6 Å². The van der Waals surface area contributed by atoms with Gasteiger partial charge in [-0.2, -0.15) is 0 Å². The van der Waals surface area contributed by atoms with Crippen LogP contribution in [0.5, 0.6) is 17.2 Å². The van der Waals surface area contributed by atoms with Crippen LogP contribution in [0.2, 0.25) is 5.02 Å². The van der Waals surface area contributed by atoms with Gasteiger partial charge in [0.05, 0.1) is 38.3 Å². The van der Waals surface area contributed by atoms with Crippen molar-refractivity contribution in [1.82, 2.24) is 9.80 Å². The quantitative estimate of drug-likeness (QED) is 0.519.